The van der Waals surface area contributed by atoms with Gasteiger partial charge in [0, 0.05) is 25.2 Å². The number of carbonyl (C=O) groups excluding carboxylic acids is 2. The first-order valence-electron chi connectivity index (χ1n) is 6.63. The van der Waals surface area contributed by atoms with Crippen molar-refractivity contribution in [1.29, 1.82) is 5.26 Å². The molecule has 2 amide bonds. The molecule has 0 bridgehead atoms. The Morgan fingerprint density at radius 2 is 2.20 bits per heavy atom. The largest absolute Gasteiger partial charge is 0.353 e. The van der Waals surface area contributed by atoms with Crippen molar-refractivity contribution in [3.63, 3.8) is 0 Å². The number of pyridine rings is 1. The van der Waals surface area contributed by atoms with E-state index in [2.05, 4.69) is 15.6 Å². The lowest BCUT2D eigenvalue weighted by molar-refractivity contribution is -0.121. The molecular formula is C14H16N4O2. The van der Waals surface area contributed by atoms with Crippen LogP contribution < -0.4 is 10.6 Å². The standard InChI is InChI=1S/C14H16N4O2/c15-8-10-3-6-12(17-9-10)14(20)16-7-1-2-13(19)18-11-4-5-11/h3,6,9,11H,1-2,4-5,7H2,(H,16,20)(H,18,19). The molecule has 1 aromatic rings. The highest BCUT2D eigenvalue weighted by Gasteiger charge is 2.22. The minimum absolute atomic E-state index is 0.0400. The van der Waals surface area contributed by atoms with Crippen LogP contribution in [0.1, 0.15) is 41.7 Å². The first kappa shape index (κ1) is 14.0. The zero-order chi connectivity index (χ0) is 14.4. The summed E-state index contributed by atoms with van der Waals surface area (Å²) in [7, 11) is 0. The molecule has 0 radical (unpaired) electrons. The molecule has 0 unspecified atom stereocenters. The molecule has 1 heterocycles. The molecule has 0 aliphatic heterocycles. The molecule has 0 aromatic carbocycles. The number of hydrogen-bond acceptors (Lipinski definition) is 4. The molecule has 0 saturated heterocycles. The van der Waals surface area contributed by atoms with Crippen LogP contribution in [0.2, 0.25) is 0 Å². The van der Waals surface area contributed by atoms with Crippen molar-refractivity contribution in [2.75, 3.05) is 6.54 Å². The Morgan fingerprint density at radius 3 is 2.80 bits per heavy atom. The monoisotopic (exact) mass is 272 g/mol. The second-order valence-electron chi connectivity index (χ2n) is 4.75. The highest BCUT2D eigenvalue weighted by atomic mass is 16.2. The number of amides is 2. The van der Waals surface area contributed by atoms with Crippen molar-refractivity contribution in [3.8, 4) is 6.07 Å². The molecule has 0 spiro atoms. The third-order valence-corrected chi connectivity index (χ3v) is 2.93. The topological polar surface area (TPSA) is 94.9 Å². The van der Waals surface area contributed by atoms with E-state index in [1.54, 1.807) is 6.07 Å². The van der Waals surface area contributed by atoms with E-state index in [1.807, 2.05) is 6.07 Å². The van der Waals surface area contributed by atoms with E-state index in [0.29, 0.717) is 31.0 Å². The van der Waals surface area contributed by atoms with Crippen LogP contribution in [0.25, 0.3) is 0 Å². The summed E-state index contributed by atoms with van der Waals surface area (Å²) >= 11 is 0. The van der Waals surface area contributed by atoms with E-state index < -0.39 is 0 Å². The van der Waals surface area contributed by atoms with Crippen LogP contribution in [0.15, 0.2) is 18.3 Å². The Morgan fingerprint density at radius 1 is 1.40 bits per heavy atom. The van der Waals surface area contributed by atoms with Gasteiger partial charge in [0.1, 0.15) is 11.8 Å². The van der Waals surface area contributed by atoms with E-state index in [1.165, 1.54) is 12.3 Å². The predicted molar refractivity (Wildman–Crippen MR) is 71.7 cm³/mol. The van der Waals surface area contributed by atoms with Crippen LogP contribution in [-0.2, 0) is 4.79 Å². The normalized spacial score (nSPS) is 13.3. The first-order valence-corrected chi connectivity index (χ1v) is 6.63. The molecule has 1 saturated carbocycles. The summed E-state index contributed by atoms with van der Waals surface area (Å²) in [5.74, 6) is -0.254. The van der Waals surface area contributed by atoms with Gasteiger partial charge in [0.2, 0.25) is 5.91 Å². The predicted octanol–water partition coefficient (Wildman–Crippen LogP) is 0.742. The van der Waals surface area contributed by atoms with Gasteiger partial charge in [-0.15, -0.1) is 0 Å². The second kappa shape index (κ2) is 6.66. The smallest absolute Gasteiger partial charge is 0.269 e. The molecule has 6 nitrogen and oxygen atoms in total. The fourth-order valence-corrected chi connectivity index (χ4v) is 1.66. The number of nitriles is 1. The van der Waals surface area contributed by atoms with E-state index in [4.69, 9.17) is 5.26 Å². The van der Waals surface area contributed by atoms with Crippen molar-refractivity contribution >= 4 is 11.8 Å². The van der Waals surface area contributed by atoms with Gasteiger partial charge in [-0.25, -0.2) is 4.98 Å². The van der Waals surface area contributed by atoms with E-state index >= 15 is 0 Å². The highest BCUT2D eigenvalue weighted by molar-refractivity contribution is 5.92. The zero-order valence-electron chi connectivity index (χ0n) is 11.1. The summed E-state index contributed by atoms with van der Waals surface area (Å²) in [5, 5.41) is 14.2. The molecule has 2 N–H and O–H groups in total. The number of aromatic nitrogens is 1. The molecule has 20 heavy (non-hydrogen) atoms. The molecule has 0 atom stereocenters. The van der Waals surface area contributed by atoms with Crippen LogP contribution >= 0.6 is 0 Å². The quantitative estimate of drug-likeness (QED) is 0.747. The summed E-state index contributed by atoms with van der Waals surface area (Å²) in [6, 6.07) is 5.37. The third-order valence-electron chi connectivity index (χ3n) is 2.93. The van der Waals surface area contributed by atoms with Crippen molar-refractivity contribution < 1.29 is 9.59 Å². The average molecular weight is 272 g/mol. The Labute approximate surface area is 117 Å². The van der Waals surface area contributed by atoms with Crippen LogP contribution in [-0.4, -0.2) is 29.4 Å². The number of hydrogen-bond donors (Lipinski definition) is 2. The maximum absolute atomic E-state index is 11.7. The van der Waals surface area contributed by atoms with Crippen LogP contribution in [0.4, 0.5) is 0 Å². The van der Waals surface area contributed by atoms with Gasteiger partial charge in [-0.2, -0.15) is 5.26 Å². The fourth-order valence-electron chi connectivity index (χ4n) is 1.66. The second-order valence-corrected chi connectivity index (χ2v) is 4.75. The maximum Gasteiger partial charge on any atom is 0.269 e. The van der Waals surface area contributed by atoms with Gasteiger partial charge in [0.05, 0.1) is 5.56 Å². The summed E-state index contributed by atoms with van der Waals surface area (Å²) < 4.78 is 0. The van der Waals surface area contributed by atoms with Gasteiger partial charge in [-0.3, -0.25) is 9.59 Å². The summed E-state index contributed by atoms with van der Waals surface area (Å²) in [6.45, 7) is 0.429. The minimum Gasteiger partial charge on any atom is -0.353 e. The fraction of sp³-hybridized carbons (Fsp3) is 0.429. The van der Waals surface area contributed by atoms with E-state index in [9.17, 15) is 9.59 Å². The third kappa shape index (κ3) is 4.35. The number of nitrogens with zero attached hydrogens (tertiary/aromatic N) is 2. The lowest BCUT2D eigenvalue weighted by Gasteiger charge is -2.05. The molecule has 1 aliphatic carbocycles. The Kier molecular flexibility index (Phi) is 4.66. The summed E-state index contributed by atoms with van der Waals surface area (Å²) in [4.78, 5) is 27.0. The lowest BCUT2D eigenvalue weighted by Crippen LogP contribution is -2.28. The first-order chi connectivity index (χ1) is 9.69. The van der Waals surface area contributed by atoms with Gasteiger partial charge in [-0.1, -0.05) is 0 Å². The van der Waals surface area contributed by atoms with E-state index in [-0.39, 0.29) is 17.5 Å². The molecule has 1 aliphatic rings. The Hall–Kier alpha value is -2.42. The highest BCUT2D eigenvalue weighted by Crippen LogP contribution is 2.18. The molecule has 6 heteroatoms. The van der Waals surface area contributed by atoms with Crippen molar-refractivity contribution in [2.24, 2.45) is 0 Å². The molecule has 1 aromatic heterocycles. The molecular weight excluding hydrogens is 256 g/mol. The zero-order valence-corrected chi connectivity index (χ0v) is 11.1. The summed E-state index contributed by atoms with van der Waals surface area (Å²) in [5.41, 5.74) is 0.685. The number of carbonyl (C=O) groups is 2. The molecule has 2 rings (SSSR count). The van der Waals surface area contributed by atoms with E-state index in [0.717, 1.165) is 12.8 Å². The van der Waals surface area contributed by atoms with Crippen molar-refractivity contribution in [1.82, 2.24) is 15.6 Å². The minimum atomic E-state index is -0.294. The SMILES string of the molecule is N#Cc1ccc(C(=O)NCCCC(=O)NC2CC2)nc1. The van der Waals surface area contributed by atoms with Crippen molar-refractivity contribution in [2.45, 2.75) is 31.7 Å². The van der Waals surface area contributed by atoms with Gasteiger partial charge >= 0.3 is 0 Å². The summed E-state index contributed by atoms with van der Waals surface area (Å²) in [6.07, 6.45) is 4.52. The number of nitrogens with one attached hydrogen (secondary N) is 2. The Balaban J connectivity index is 1.66. The molecule has 104 valence electrons. The van der Waals surface area contributed by atoms with Gasteiger partial charge in [0.15, 0.2) is 0 Å². The molecule has 1 fully saturated rings. The van der Waals surface area contributed by atoms with Gasteiger partial charge in [0.25, 0.3) is 5.91 Å². The van der Waals surface area contributed by atoms with Gasteiger partial charge in [-0.05, 0) is 31.4 Å². The van der Waals surface area contributed by atoms with Crippen LogP contribution in [0, 0.1) is 11.3 Å². The average Bonchev–Trinajstić information content (AvgIpc) is 3.27. The van der Waals surface area contributed by atoms with Crippen LogP contribution in [0.5, 0.6) is 0 Å². The van der Waals surface area contributed by atoms with Crippen LogP contribution in [0.3, 0.4) is 0 Å². The maximum atomic E-state index is 11.7. The van der Waals surface area contributed by atoms with Crippen molar-refractivity contribution in [3.05, 3.63) is 29.6 Å². The Bertz CT molecular complexity index is 529. The lowest BCUT2D eigenvalue weighted by atomic mass is 10.2. The van der Waals surface area contributed by atoms with Gasteiger partial charge < -0.3 is 10.6 Å². The number of rotatable bonds is 6.